The fraction of sp³-hybridized carbons (Fsp3) is 0. The molecule has 1 N–H and O–H groups in total. The molecule has 0 aliphatic rings. The lowest BCUT2D eigenvalue weighted by Crippen LogP contribution is -1.77. The molecule has 0 aliphatic carbocycles. The molecule has 0 radical (unpaired) electrons. The van der Waals surface area contributed by atoms with E-state index < -0.39 is 0 Å². The van der Waals surface area contributed by atoms with E-state index in [0.717, 1.165) is 27.1 Å². The molecular formula is C13H9ClN2. The number of nitrogens with zero attached hydrogens (tertiary/aromatic N) is 1. The van der Waals surface area contributed by atoms with Gasteiger partial charge in [0, 0.05) is 10.4 Å². The summed E-state index contributed by atoms with van der Waals surface area (Å²) >= 11 is 5.97. The Morgan fingerprint density at radius 3 is 2.75 bits per heavy atom. The van der Waals surface area contributed by atoms with Crippen LogP contribution in [0.25, 0.3) is 22.0 Å². The highest BCUT2D eigenvalue weighted by atomic mass is 35.5. The lowest BCUT2D eigenvalue weighted by molar-refractivity contribution is 1.12. The van der Waals surface area contributed by atoms with Gasteiger partial charge in [0.2, 0.25) is 0 Å². The summed E-state index contributed by atoms with van der Waals surface area (Å²) in [5, 5.41) is 8.80. The molecule has 2 nitrogen and oxygen atoms in total. The third-order valence-corrected chi connectivity index (χ3v) is 2.83. The van der Waals surface area contributed by atoms with Crippen LogP contribution in [0.5, 0.6) is 0 Å². The minimum absolute atomic E-state index is 0.754. The highest BCUT2D eigenvalue weighted by Crippen LogP contribution is 2.25. The maximum atomic E-state index is 5.97. The maximum absolute atomic E-state index is 5.97. The molecule has 0 bridgehead atoms. The van der Waals surface area contributed by atoms with Gasteiger partial charge in [0.05, 0.1) is 11.7 Å². The van der Waals surface area contributed by atoms with E-state index in [1.54, 1.807) is 0 Å². The summed E-state index contributed by atoms with van der Waals surface area (Å²) in [6, 6.07) is 14.0. The molecule has 3 aromatic rings. The molecule has 0 amide bonds. The summed E-state index contributed by atoms with van der Waals surface area (Å²) in [5.74, 6) is 0. The average Bonchev–Trinajstić information content (AvgIpc) is 2.75. The Hall–Kier alpha value is -1.80. The number of nitrogens with one attached hydrogen (secondary N) is 1. The minimum atomic E-state index is 0.754. The second-order valence-corrected chi connectivity index (χ2v) is 4.12. The number of aromatic amines is 1. The zero-order chi connectivity index (χ0) is 11.0. The number of fused-ring (bicyclic) bond motifs is 1. The molecule has 3 rings (SSSR count). The molecule has 0 aliphatic heterocycles. The van der Waals surface area contributed by atoms with Gasteiger partial charge in [-0.2, -0.15) is 5.10 Å². The highest BCUT2D eigenvalue weighted by Gasteiger charge is 2.01. The monoisotopic (exact) mass is 228 g/mol. The first-order chi connectivity index (χ1) is 7.83. The topological polar surface area (TPSA) is 28.7 Å². The van der Waals surface area contributed by atoms with E-state index >= 15 is 0 Å². The van der Waals surface area contributed by atoms with E-state index in [1.165, 1.54) is 0 Å². The summed E-state index contributed by atoms with van der Waals surface area (Å²) < 4.78 is 0. The SMILES string of the molecule is Clc1cccc(-c2ccc3[nH]ncc3c2)c1. The second-order valence-electron chi connectivity index (χ2n) is 3.68. The van der Waals surface area contributed by atoms with Gasteiger partial charge in [-0.15, -0.1) is 0 Å². The predicted octanol–water partition coefficient (Wildman–Crippen LogP) is 3.88. The van der Waals surface area contributed by atoms with Gasteiger partial charge < -0.3 is 0 Å². The van der Waals surface area contributed by atoms with E-state index in [1.807, 2.05) is 36.5 Å². The van der Waals surface area contributed by atoms with Crippen molar-refractivity contribution in [3.8, 4) is 11.1 Å². The van der Waals surface area contributed by atoms with Crippen molar-refractivity contribution in [1.29, 1.82) is 0 Å². The zero-order valence-electron chi connectivity index (χ0n) is 8.44. The number of hydrogen-bond acceptors (Lipinski definition) is 1. The summed E-state index contributed by atoms with van der Waals surface area (Å²) in [6.45, 7) is 0. The van der Waals surface area contributed by atoms with E-state index in [2.05, 4.69) is 22.3 Å². The summed E-state index contributed by atoms with van der Waals surface area (Å²) in [7, 11) is 0. The Bertz CT molecular complexity index is 643. The molecule has 16 heavy (non-hydrogen) atoms. The van der Waals surface area contributed by atoms with Crippen LogP contribution in [-0.4, -0.2) is 10.2 Å². The molecule has 1 aromatic heterocycles. The molecule has 0 saturated heterocycles. The fourth-order valence-electron chi connectivity index (χ4n) is 1.79. The van der Waals surface area contributed by atoms with Crippen molar-refractivity contribution in [2.75, 3.05) is 0 Å². The van der Waals surface area contributed by atoms with Crippen LogP contribution < -0.4 is 0 Å². The first-order valence-electron chi connectivity index (χ1n) is 5.02. The van der Waals surface area contributed by atoms with Crippen molar-refractivity contribution in [2.45, 2.75) is 0 Å². The van der Waals surface area contributed by atoms with Crippen molar-refractivity contribution in [3.05, 3.63) is 53.7 Å². The first kappa shape index (κ1) is 9.43. The fourth-order valence-corrected chi connectivity index (χ4v) is 1.98. The van der Waals surface area contributed by atoms with Crippen molar-refractivity contribution in [3.63, 3.8) is 0 Å². The van der Waals surface area contributed by atoms with Crippen molar-refractivity contribution >= 4 is 22.5 Å². The standard InChI is InChI=1S/C13H9ClN2/c14-12-3-1-2-9(7-12)10-4-5-13-11(6-10)8-15-16-13/h1-8H,(H,15,16). The number of rotatable bonds is 1. The molecule has 2 aromatic carbocycles. The molecule has 1 heterocycles. The van der Waals surface area contributed by atoms with Crippen LogP contribution in [0.15, 0.2) is 48.7 Å². The van der Waals surface area contributed by atoms with Crippen molar-refractivity contribution < 1.29 is 0 Å². The van der Waals surface area contributed by atoms with Gasteiger partial charge in [0.25, 0.3) is 0 Å². The Morgan fingerprint density at radius 2 is 1.88 bits per heavy atom. The number of aromatic nitrogens is 2. The van der Waals surface area contributed by atoms with Crippen molar-refractivity contribution in [1.82, 2.24) is 10.2 Å². The summed E-state index contributed by atoms with van der Waals surface area (Å²) in [5.41, 5.74) is 3.32. The van der Waals surface area contributed by atoms with Gasteiger partial charge in [-0.1, -0.05) is 29.8 Å². The maximum Gasteiger partial charge on any atom is 0.0650 e. The molecule has 0 atom stereocenters. The van der Waals surface area contributed by atoms with Crippen LogP contribution in [-0.2, 0) is 0 Å². The van der Waals surface area contributed by atoms with Crippen molar-refractivity contribution in [2.24, 2.45) is 0 Å². The largest absolute Gasteiger partial charge is 0.278 e. The predicted molar refractivity (Wildman–Crippen MR) is 66.5 cm³/mol. The molecule has 0 fully saturated rings. The van der Waals surface area contributed by atoms with Gasteiger partial charge in [0.15, 0.2) is 0 Å². The Kier molecular flexibility index (Phi) is 2.15. The van der Waals surface area contributed by atoms with Gasteiger partial charge in [-0.3, -0.25) is 5.10 Å². The van der Waals surface area contributed by atoms with Gasteiger partial charge in [0.1, 0.15) is 0 Å². The summed E-state index contributed by atoms with van der Waals surface area (Å²) in [4.78, 5) is 0. The van der Waals surface area contributed by atoms with Crippen LogP contribution in [0.2, 0.25) is 5.02 Å². The Morgan fingerprint density at radius 1 is 1.00 bits per heavy atom. The third kappa shape index (κ3) is 1.57. The highest BCUT2D eigenvalue weighted by molar-refractivity contribution is 6.30. The van der Waals surface area contributed by atoms with Crippen LogP contribution >= 0.6 is 11.6 Å². The normalized spacial score (nSPS) is 10.8. The van der Waals surface area contributed by atoms with Gasteiger partial charge in [-0.05, 0) is 35.4 Å². The van der Waals surface area contributed by atoms with E-state index in [0.29, 0.717) is 0 Å². The van der Waals surface area contributed by atoms with Crippen LogP contribution in [0.4, 0.5) is 0 Å². The smallest absolute Gasteiger partial charge is 0.0650 e. The molecule has 0 unspecified atom stereocenters. The molecule has 78 valence electrons. The van der Waals surface area contributed by atoms with Crippen LogP contribution in [0.3, 0.4) is 0 Å². The van der Waals surface area contributed by atoms with Gasteiger partial charge >= 0.3 is 0 Å². The summed E-state index contributed by atoms with van der Waals surface area (Å²) in [6.07, 6.45) is 1.82. The average molecular weight is 229 g/mol. The molecule has 0 saturated carbocycles. The molecule has 3 heteroatoms. The lowest BCUT2D eigenvalue weighted by Gasteiger charge is -2.02. The van der Waals surface area contributed by atoms with Gasteiger partial charge in [-0.25, -0.2) is 0 Å². The van der Waals surface area contributed by atoms with E-state index in [4.69, 9.17) is 11.6 Å². The first-order valence-corrected chi connectivity index (χ1v) is 5.40. The van der Waals surface area contributed by atoms with Crippen LogP contribution in [0, 0.1) is 0 Å². The quantitative estimate of drug-likeness (QED) is 0.673. The van der Waals surface area contributed by atoms with Crippen LogP contribution in [0.1, 0.15) is 0 Å². The molecular weight excluding hydrogens is 220 g/mol. The third-order valence-electron chi connectivity index (χ3n) is 2.60. The Labute approximate surface area is 97.9 Å². The number of H-pyrrole nitrogens is 1. The number of halogens is 1. The second kappa shape index (κ2) is 3.65. The van der Waals surface area contributed by atoms with E-state index in [-0.39, 0.29) is 0 Å². The number of hydrogen-bond donors (Lipinski definition) is 1. The van der Waals surface area contributed by atoms with E-state index in [9.17, 15) is 0 Å². The zero-order valence-corrected chi connectivity index (χ0v) is 9.20. The lowest BCUT2D eigenvalue weighted by atomic mass is 10.0. The number of benzene rings is 2. The molecule has 0 spiro atoms. The minimum Gasteiger partial charge on any atom is -0.278 e. The Balaban J connectivity index is 2.18.